The molecule has 158 valence electrons. The molecule has 0 aliphatic carbocycles. The summed E-state index contributed by atoms with van der Waals surface area (Å²) in [6.45, 7) is 6.79. The van der Waals surface area contributed by atoms with Crippen LogP contribution >= 0.6 is 11.3 Å². The third-order valence-corrected chi connectivity index (χ3v) is 7.09. The van der Waals surface area contributed by atoms with E-state index in [1.165, 1.54) is 4.88 Å². The number of likely N-dealkylation sites (tertiary alicyclic amines) is 1. The maximum atomic E-state index is 13.0. The first-order valence-electron chi connectivity index (χ1n) is 10.8. The minimum absolute atomic E-state index is 0.173. The van der Waals surface area contributed by atoms with Crippen molar-refractivity contribution < 1.29 is 9.53 Å². The van der Waals surface area contributed by atoms with Crippen LogP contribution < -0.4 is 4.90 Å². The zero-order valence-electron chi connectivity index (χ0n) is 18.0. The van der Waals surface area contributed by atoms with Gasteiger partial charge in [-0.25, -0.2) is 0 Å². The largest absolute Gasteiger partial charge is 0.382 e. The van der Waals surface area contributed by atoms with E-state index in [0.29, 0.717) is 19.1 Å². The average Bonchev–Trinajstić information content (AvgIpc) is 3.27. The van der Waals surface area contributed by atoms with Gasteiger partial charge in [0.25, 0.3) is 0 Å². The minimum Gasteiger partial charge on any atom is -0.382 e. The highest BCUT2D eigenvalue weighted by Gasteiger charge is 2.43. The van der Waals surface area contributed by atoms with Crippen LogP contribution in [-0.4, -0.2) is 49.2 Å². The number of thiophene rings is 1. The van der Waals surface area contributed by atoms with Gasteiger partial charge in [0, 0.05) is 43.2 Å². The molecule has 1 saturated heterocycles. The van der Waals surface area contributed by atoms with E-state index in [9.17, 15) is 4.79 Å². The fraction of sp³-hybridized carbons (Fsp3) is 0.542. The summed E-state index contributed by atoms with van der Waals surface area (Å²) in [6, 6.07) is 15.0. The molecular weight excluding hydrogens is 380 g/mol. The lowest BCUT2D eigenvalue weighted by atomic mass is 9.84. The quantitative estimate of drug-likeness (QED) is 0.579. The summed E-state index contributed by atoms with van der Waals surface area (Å²) in [5, 5.41) is 2.16. The van der Waals surface area contributed by atoms with Crippen molar-refractivity contribution in [1.29, 1.82) is 0 Å². The molecule has 1 aliphatic heterocycles. The fourth-order valence-corrected chi connectivity index (χ4v) is 5.39. The Morgan fingerprint density at radius 1 is 1.17 bits per heavy atom. The first-order valence-corrected chi connectivity index (χ1v) is 11.6. The van der Waals surface area contributed by atoms with Gasteiger partial charge >= 0.3 is 0 Å². The zero-order chi connectivity index (χ0) is 20.7. The molecule has 1 unspecified atom stereocenters. The molecule has 2 aromatic rings. The van der Waals surface area contributed by atoms with Crippen LogP contribution in [0.5, 0.6) is 0 Å². The first kappa shape index (κ1) is 22.0. The number of benzene rings is 1. The molecule has 1 aromatic heterocycles. The highest BCUT2D eigenvalue weighted by molar-refractivity contribution is 7.09. The van der Waals surface area contributed by atoms with Crippen LogP contribution in [0.1, 0.15) is 44.4 Å². The Labute approximate surface area is 179 Å². The van der Waals surface area contributed by atoms with Crippen molar-refractivity contribution in [3.63, 3.8) is 0 Å². The molecule has 4 nitrogen and oxygen atoms in total. The van der Waals surface area contributed by atoms with Crippen molar-refractivity contribution in [2.45, 2.75) is 57.5 Å². The molecule has 5 heteroatoms. The van der Waals surface area contributed by atoms with E-state index in [-0.39, 0.29) is 11.4 Å². The lowest BCUT2D eigenvalue weighted by Gasteiger charge is -2.50. The van der Waals surface area contributed by atoms with Crippen molar-refractivity contribution in [2.75, 3.05) is 31.7 Å². The average molecular weight is 415 g/mol. The van der Waals surface area contributed by atoms with Gasteiger partial charge in [-0.2, -0.15) is 0 Å². The normalized spacial score (nSPS) is 17.8. The summed E-state index contributed by atoms with van der Waals surface area (Å²) < 4.78 is 5.68. The molecule has 0 radical (unpaired) electrons. The lowest BCUT2D eigenvalue weighted by molar-refractivity contribution is -0.120. The van der Waals surface area contributed by atoms with E-state index in [1.807, 2.05) is 53.5 Å². The summed E-state index contributed by atoms with van der Waals surface area (Å²) in [6.07, 6.45) is 4.62. The Hall–Kier alpha value is -1.69. The molecule has 0 N–H and O–H groups in total. The van der Waals surface area contributed by atoms with E-state index >= 15 is 0 Å². The minimum atomic E-state index is -0.277. The second-order valence-electron chi connectivity index (χ2n) is 7.96. The number of hydrogen-bond acceptors (Lipinski definition) is 4. The fourth-order valence-electron chi connectivity index (χ4n) is 4.62. The first-order chi connectivity index (χ1) is 14.1. The van der Waals surface area contributed by atoms with Gasteiger partial charge in [-0.1, -0.05) is 38.1 Å². The van der Waals surface area contributed by atoms with E-state index in [1.54, 1.807) is 7.11 Å². The zero-order valence-corrected chi connectivity index (χ0v) is 18.8. The van der Waals surface area contributed by atoms with E-state index < -0.39 is 0 Å². The second kappa shape index (κ2) is 10.4. The summed E-state index contributed by atoms with van der Waals surface area (Å²) in [7, 11) is 1.75. The highest BCUT2D eigenvalue weighted by Crippen LogP contribution is 2.35. The van der Waals surface area contributed by atoms with Gasteiger partial charge in [-0.15, -0.1) is 11.3 Å². The van der Waals surface area contributed by atoms with Crippen LogP contribution in [0.2, 0.25) is 0 Å². The van der Waals surface area contributed by atoms with Crippen LogP contribution in [0, 0.1) is 0 Å². The topological polar surface area (TPSA) is 32.8 Å². The van der Waals surface area contributed by atoms with Crippen LogP contribution in [-0.2, 0) is 16.0 Å². The van der Waals surface area contributed by atoms with E-state index in [2.05, 4.69) is 29.3 Å². The van der Waals surface area contributed by atoms with Crippen molar-refractivity contribution >= 4 is 22.9 Å². The van der Waals surface area contributed by atoms with Crippen molar-refractivity contribution in [1.82, 2.24) is 4.90 Å². The number of piperidine rings is 1. The summed E-state index contributed by atoms with van der Waals surface area (Å²) >= 11 is 1.85. The number of rotatable bonds is 9. The number of para-hydroxylation sites is 1. The van der Waals surface area contributed by atoms with Gasteiger partial charge in [0.05, 0.1) is 12.1 Å². The Morgan fingerprint density at radius 2 is 1.90 bits per heavy atom. The van der Waals surface area contributed by atoms with Crippen molar-refractivity contribution in [3.8, 4) is 0 Å². The van der Waals surface area contributed by atoms with Gasteiger partial charge in [-0.3, -0.25) is 9.69 Å². The number of anilines is 1. The smallest absolute Gasteiger partial charge is 0.227 e. The number of methoxy groups -OCH3 is 1. The monoisotopic (exact) mass is 414 g/mol. The number of carbonyl (C=O) groups excluding carboxylic acids is 1. The lowest BCUT2D eigenvalue weighted by Crippen LogP contribution is -2.61. The summed E-state index contributed by atoms with van der Waals surface area (Å²) in [4.78, 5) is 19.1. The van der Waals surface area contributed by atoms with Gasteiger partial charge in [-0.05, 0) is 49.3 Å². The van der Waals surface area contributed by atoms with Crippen molar-refractivity contribution in [2.24, 2.45) is 0 Å². The molecule has 3 rings (SSSR count). The Kier molecular flexibility index (Phi) is 7.87. The third kappa shape index (κ3) is 5.08. The molecule has 2 heterocycles. The molecule has 0 bridgehead atoms. The molecule has 1 aromatic carbocycles. The summed E-state index contributed by atoms with van der Waals surface area (Å²) in [5.74, 6) is 0.173. The molecule has 1 atom stereocenters. The van der Waals surface area contributed by atoms with Crippen LogP contribution in [0.15, 0.2) is 47.8 Å². The molecule has 0 spiro atoms. The van der Waals surface area contributed by atoms with Crippen LogP contribution in [0.3, 0.4) is 0 Å². The highest BCUT2D eigenvalue weighted by atomic mass is 32.1. The number of carbonyl (C=O) groups is 1. The number of amides is 1. The molecule has 1 amide bonds. The van der Waals surface area contributed by atoms with Gasteiger partial charge in [0.2, 0.25) is 5.91 Å². The van der Waals surface area contributed by atoms with Gasteiger partial charge < -0.3 is 9.64 Å². The number of hydrogen-bond donors (Lipinski definition) is 0. The Morgan fingerprint density at radius 3 is 2.45 bits per heavy atom. The maximum absolute atomic E-state index is 13.0. The Balaban J connectivity index is 1.79. The predicted octanol–water partition coefficient (Wildman–Crippen LogP) is 4.99. The summed E-state index contributed by atoms with van der Waals surface area (Å²) in [5.41, 5.74) is 0.705. The van der Waals surface area contributed by atoms with Crippen LogP contribution in [0.4, 0.5) is 5.69 Å². The van der Waals surface area contributed by atoms with Crippen molar-refractivity contribution in [3.05, 3.63) is 52.7 Å². The van der Waals surface area contributed by atoms with Gasteiger partial charge in [0.15, 0.2) is 0 Å². The van der Waals surface area contributed by atoms with Crippen LogP contribution in [0.25, 0.3) is 0 Å². The maximum Gasteiger partial charge on any atom is 0.227 e. The van der Waals surface area contributed by atoms with Gasteiger partial charge in [0.1, 0.15) is 0 Å². The SMILES string of the molecule is CCC(=O)N(c1ccccc1)C1(COC)CCN(C(CC)Cc2cccs2)CC1. The number of ether oxygens (including phenoxy) is 1. The number of nitrogens with zero attached hydrogens (tertiary/aromatic N) is 2. The predicted molar refractivity (Wildman–Crippen MR) is 122 cm³/mol. The molecule has 0 saturated carbocycles. The molecular formula is C24H34N2O2S. The second-order valence-corrected chi connectivity index (χ2v) is 8.99. The van der Waals surface area contributed by atoms with E-state index in [4.69, 9.17) is 4.74 Å². The third-order valence-electron chi connectivity index (χ3n) is 6.19. The molecule has 29 heavy (non-hydrogen) atoms. The standard InChI is InChI=1S/C24H34N2O2S/c1-4-20(18-22-12-9-17-29-22)25-15-13-24(14-16-25,19-28-3)26(23(27)5-2)21-10-7-6-8-11-21/h6-12,17,20H,4-5,13-16,18-19H2,1-3H3. The molecule has 1 aliphatic rings. The Bertz CT molecular complexity index is 740. The van der Waals surface area contributed by atoms with E-state index in [0.717, 1.165) is 44.5 Å². The molecule has 1 fully saturated rings.